The van der Waals surface area contributed by atoms with E-state index < -0.39 is 53.3 Å². The molecule has 0 N–H and O–H groups in total. The molecule has 0 aliphatic rings. The van der Waals surface area contributed by atoms with E-state index in [0.29, 0.717) is 0 Å². The van der Waals surface area contributed by atoms with Crippen molar-refractivity contribution in [2.24, 2.45) is 0 Å². The molecular weight excluding hydrogens is 374 g/mol. The number of rotatable bonds is 5. The summed E-state index contributed by atoms with van der Waals surface area (Å²) in [7, 11) is 0. The van der Waals surface area contributed by atoms with Gasteiger partial charge in [-0.05, 0) is 0 Å². The van der Waals surface area contributed by atoms with Gasteiger partial charge >= 0.3 is 24.2 Å². The van der Waals surface area contributed by atoms with Crippen molar-refractivity contribution in [1.82, 2.24) is 4.90 Å². The Morgan fingerprint density at radius 3 is 1.70 bits per heavy atom. The number of Topliss-reactive ketones (excluding diaryl/α,β-unsaturated/α-hetero) is 1. The first-order valence-corrected chi connectivity index (χ1v) is 5.73. The molecule has 3 nitrogen and oxygen atoms in total. The van der Waals surface area contributed by atoms with Crippen LogP contribution in [0.5, 0.6) is 0 Å². The molecule has 0 rings (SSSR count). The zero-order valence-corrected chi connectivity index (χ0v) is 10.9. The van der Waals surface area contributed by atoms with E-state index in [0.717, 1.165) is 0 Å². The molecule has 0 aromatic heterocycles. The van der Waals surface area contributed by atoms with Crippen LogP contribution in [0, 0.1) is 0 Å². The maximum absolute atomic E-state index is 12.7. The minimum Gasteiger partial charge on any atom is -0.321 e. The number of amides is 1. The van der Waals surface area contributed by atoms with Gasteiger partial charge < -0.3 is 4.90 Å². The molecule has 0 aromatic rings. The normalized spacial score (nSPS) is 13.2. The van der Waals surface area contributed by atoms with Crippen LogP contribution in [0.4, 0.5) is 35.1 Å². The summed E-state index contributed by atoms with van der Waals surface area (Å²) >= 11 is 2.48. The molecule has 0 radical (unpaired) electrons. The van der Waals surface area contributed by atoms with E-state index in [2.05, 4.69) is 15.9 Å². The molecule has 0 aromatic carbocycles. The Morgan fingerprint density at radius 2 is 1.40 bits per heavy atom. The molecule has 20 heavy (non-hydrogen) atoms. The number of carbonyl (C=O) groups excluding carboxylic acids is 2. The summed E-state index contributed by atoms with van der Waals surface area (Å²) in [6.07, 6.45) is -11.6. The lowest BCUT2D eigenvalue weighted by Crippen LogP contribution is -2.55. The first-order chi connectivity index (χ1) is 8.72. The van der Waals surface area contributed by atoms with E-state index in [-0.39, 0.29) is 0 Å². The first kappa shape index (κ1) is 19.1. The van der Waals surface area contributed by atoms with E-state index in [1.165, 1.54) is 0 Å². The fourth-order valence-electron chi connectivity index (χ4n) is 0.991. The van der Waals surface area contributed by atoms with Crippen LogP contribution in [0.3, 0.4) is 0 Å². The smallest absolute Gasteiger partial charge is 0.321 e. The molecule has 0 saturated heterocycles. The van der Waals surface area contributed by atoms with Crippen molar-refractivity contribution in [2.75, 3.05) is 18.4 Å². The topological polar surface area (TPSA) is 37.4 Å². The van der Waals surface area contributed by atoms with E-state index in [9.17, 15) is 44.7 Å². The Hall–Kier alpha value is -0.940. The second-order valence-corrected chi connectivity index (χ2v) is 4.08. The van der Waals surface area contributed by atoms with Crippen LogP contribution >= 0.6 is 15.9 Å². The molecule has 0 saturated carbocycles. The predicted molar refractivity (Wildman–Crippen MR) is 52.4 cm³/mol. The highest BCUT2D eigenvalue weighted by Crippen LogP contribution is 2.37. The monoisotopic (exact) mass is 379 g/mol. The minimum atomic E-state index is -6.36. The van der Waals surface area contributed by atoms with Gasteiger partial charge in [0.25, 0.3) is 0 Å². The van der Waals surface area contributed by atoms with Crippen molar-refractivity contribution in [3.05, 3.63) is 0 Å². The van der Waals surface area contributed by atoms with Crippen molar-refractivity contribution in [3.63, 3.8) is 0 Å². The fourth-order valence-corrected chi connectivity index (χ4v) is 1.17. The molecule has 0 heterocycles. The number of hydrogen-bond acceptors (Lipinski definition) is 2. The molecule has 0 aliphatic heterocycles. The number of alkyl halides is 9. The third-order valence-electron chi connectivity index (χ3n) is 1.80. The highest BCUT2D eigenvalue weighted by atomic mass is 79.9. The van der Waals surface area contributed by atoms with E-state index in [1.807, 2.05) is 0 Å². The van der Waals surface area contributed by atoms with Gasteiger partial charge in [-0.2, -0.15) is 35.1 Å². The molecule has 0 aliphatic carbocycles. The van der Waals surface area contributed by atoms with Crippen LogP contribution in [-0.4, -0.2) is 53.3 Å². The number of halogens is 9. The Labute approximate surface area is 115 Å². The van der Waals surface area contributed by atoms with Crippen molar-refractivity contribution in [2.45, 2.75) is 18.3 Å². The van der Waals surface area contributed by atoms with Crippen molar-refractivity contribution >= 4 is 27.6 Å². The predicted octanol–water partition coefficient (Wildman–Crippen LogP) is 2.54. The molecule has 0 bridgehead atoms. The molecule has 118 valence electrons. The summed E-state index contributed by atoms with van der Waals surface area (Å²) in [5, 5.41) is -0.605. The Bertz CT molecular complexity index is 378. The highest BCUT2D eigenvalue weighted by molar-refractivity contribution is 9.09. The Morgan fingerprint density at radius 1 is 0.950 bits per heavy atom. The third-order valence-corrected chi connectivity index (χ3v) is 2.42. The van der Waals surface area contributed by atoms with Gasteiger partial charge in [0, 0.05) is 0 Å². The number of hydrogen-bond donors (Lipinski definition) is 0. The fraction of sp³-hybridized carbons (Fsp3) is 0.750. The standard InChI is InChI=1S/C8H6BrF8NO2/c9-1-4(19)2-18(3-6(10,11)12)5(20)7(13,14)8(15,16)17/h1-3H2. The first-order valence-electron chi connectivity index (χ1n) is 4.60. The number of ketones is 1. The van der Waals surface area contributed by atoms with Crippen molar-refractivity contribution < 1.29 is 44.7 Å². The summed E-state index contributed by atoms with van der Waals surface area (Å²) in [5.41, 5.74) is 0. The van der Waals surface area contributed by atoms with Gasteiger partial charge in [0.1, 0.15) is 6.54 Å². The van der Waals surface area contributed by atoms with Crippen LogP contribution < -0.4 is 0 Å². The average Bonchev–Trinajstić information content (AvgIpc) is 2.23. The molecule has 0 spiro atoms. The maximum atomic E-state index is 12.7. The van der Waals surface area contributed by atoms with Gasteiger partial charge in [-0.15, -0.1) is 0 Å². The second-order valence-electron chi connectivity index (χ2n) is 3.52. The molecule has 0 atom stereocenters. The molecular formula is C8H6BrF8NO2. The lowest BCUT2D eigenvalue weighted by Gasteiger charge is -2.28. The van der Waals surface area contributed by atoms with Crippen LogP contribution in [0.25, 0.3) is 0 Å². The maximum Gasteiger partial charge on any atom is 0.463 e. The third kappa shape index (κ3) is 5.21. The van der Waals surface area contributed by atoms with Gasteiger partial charge in [0.15, 0.2) is 5.78 Å². The van der Waals surface area contributed by atoms with Crippen LogP contribution in [0.1, 0.15) is 0 Å². The number of nitrogens with zero attached hydrogens (tertiary/aromatic N) is 1. The highest BCUT2D eigenvalue weighted by Gasteiger charge is 2.65. The lowest BCUT2D eigenvalue weighted by molar-refractivity contribution is -0.276. The van der Waals surface area contributed by atoms with E-state index in [1.54, 1.807) is 0 Å². The summed E-state index contributed by atoms with van der Waals surface area (Å²) in [5.74, 6) is -10.3. The summed E-state index contributed by atoms with van der Waals surface area (Å²) < 4.78 is 97.4. The van der Waals surface area contributed by atoms with Gasteiger partial charge in [-0.25, -0.2) is 0 Å². The Balaban J connectivity index is 5.32. The molecule has 1 amide bonds. The SMILES string of the molecule is O=C(CBr)CN(CC(F)(F)F)C(=O)C(F)(F)C(F)(F)F. The van der Waals surface area contributed by atoms with Gasteiger partial charge in [-0.1, -0.05) is 15.9 Å². The van der Waals surface area contributed by atoms with Crippen molar-refractivity contribution in [3.8, 4) is 0 Å². The number of carbonyl (C=O) groups is 2. The van der Waals surface area contributed by atoms with Crippen LogP contribution in [-0.2, 0) is 9.59 Å². The molecule has 0 unspecified atom stereocenters. The van der Waals surface area contributed by atoms with Gasteiger partial charge in [0.2, 0.25) is 0 Å². The van der Waals surface area contributed by atoms with E-state index in [4.69, 9.17) is 0 Å². The van der Waals surface area contributed by atoms with E-state index >= 15 is 0 Å². The largest absolute Gasteiger partial charge is 0.463 e. The lowest BCUT2D eigenvalue weighted by atomic mass is 10.2. The second kappa shape index (κ2) is 6.22. The zero-order chi connectivity index (χ0) is 16.4. The molecule has 12 heteroatoms. The Kier molecular flexibility index (Phi) is 5.93. The zero-order valence-electron chi connectivity index (χ0n) is 9.29. The van der Waals surface area contributed by atoms with Crippen LogP contribution in [0.15, 0.2) is 0 Å². The average molecular weight is 380 g/mol. The van der Waals surface area contributed by atoms with Gasteiger partial charge in [0.05, 0.1) is 11.9 Å². The minimum absolute atomic E-state index is 0.605. The van der Waals surface area contributed by atoms with Crippen molar-refractivity contribution in [1.29, 1.82) is 0 Å². The quantitative estimate of drug-likeness (QED) is 0.543. The van der Waals surface area contributed by atoms with Crippen LogP contribution in [0.2, 0.25) is 0 Å². The van der Waals surface area contributed by atoms with Gasteiger partial charge in [-0.3, -0.25) is 9.59 Å². The summed E-state index contributed by atoms with van der Waals surface area (Å²) in [6.45, 7) is -3.91. The molecule has 0 fully saturated rings. The summed E-state index contributed by atoms with van der Waals surface area (Å²) in [6, 6.07) is 0. The summed E-state index contributed by atoms with van der Waals surface area (Å²) in [4.78, 5) is 20.9.